The van der Waals surface area contributed by atoms with Crippen LogP contribution in [-0.4, -0.2) is 49.8 Å². The first-order valence-corrected chi connectivity index (χ1v) is 12.3. The van der Waals surface area contributed by atoms with E-state index in [1.165, 1.54) is 22.3 Å². The molecule has 31 heavy (non-hydrogen) atoms. The van der Waals surface area contributed by atoms with Crippen molar-refractivity contribution in [1.82, 2.24) is 4.90 Å². The van der Waals surface area contributed by atoms with Gasteiger partial charge >= 0.3 is 188 Å². The number of benzene rings is 3. The predicted octanol–water partition coefficient (Wildman–Crippen LogP) is 3.96. The van der Waals surface area contributed by atoms with Gasteiger partial charge in [-0.05, 0) is 0 Å². The number of hydrogen-bond donors (Lipinski definition) is 0. The zero-order valence-corrected chi connectivity index (χ0v) is 18.8. The molecule has 0 unspecified atom stereocenters. The van der Waals surface area contributed by atoms with E-state index in [2.05, 4.69) is 24.3 Å². The molecule has 1 saturated heterocycles. The molecule has 2 aliphatic rings. The Balaban J connectivity index is 1.28. The monoisotopic (exact) mass is 477 g/mol. The summed E-state index contributed by atoms with van der Waals surface area (Å²) in [6, 6.07) is 26.0. The number of likely N-dealkylation sites (tertiary alicyclic amines) is 1. The van der Waals surface area contributed by atoms with Crippen LogP contribution in [0.3, 0.4) is 0 Å². The van der Waals surface area contributed by atoms with Crippen LogP contribution < -0.4 is 4.46 Å². The predicted molar refractivity (Wildman–Crippen MR) is 122 cm³/mol. The molecule has 1 heterocycles. The Morgan fingerprint density at radius 2 is 1.48 bits per heavy atom. The van der Waals surface area contributed by atoms with Gasteiger partial charge < -0.3 is 0 Å². The summed E-state index contributed by atoms with van der Waals surface area (Å²) >= 11 is -0.294. The fourth-order valence-corrected chi connectivity index (χ4v) is 6.48. The van der Waals surface area contributed by atoms with Crippen molar-refractivity contribution < 1.29 is 14.3 Å². The van der Waals surface area contributed by atoms with Crippen molar-refractivity contribution in [2.75, 3.05) is 13.2 Å². The molecule has 1 amide bonds. The summed E-state index contributed by atoms with van der Waals surface area (Å²) in [6.07, 6.45) is 1.19. The number of amides is 1. The first-order chi connectivity index (χ1) is 15.2. The number of ether oxygens (including phenoxy) is 1. The molecule has 156 valence electrons. The Labute approximate surface area is 188 Å². The molecule has 3 aromatic carbocycles. The number of carbonyl (C=O) groups excluding carboxylic acids is 2. The molecule has 0 N–H and O–H groups in total. The van der Waals surface area contributed by atoms with Crippen LogP contribution in [0.25, 0.3) is 11.1 Å². The Morgan fingerprint density at radius 3 is 2.16 bits per heavy atom. The van der Waals surface area contributed by atoms with Crippen molar-refractivity contribution in [3.8, 4) is 11.1 Å². The summed E-state index contributed by atoms with van der Waals surface area (Å²) < 4.78 is 6.98. The van der Waals surface area contributed by atoms with Gasteiger partial charge in [-0.25, -0.2) is 0 Å². The van der Waals surface area contributed by atoms with E-state index < -0.39 is 0 Å². The zero-order valence-electron chi connectivity index (χ0n) is 17.1. The van der Waals surface area contributed by atoms with Crippen molar-refractivity contribution in [3.63, 3.8) is 0 Å². The second kappa shape index (κ2) is 8.70. The second-order valence-electron chi connectivity index (χ2n) is 7.89. The molecule has 1 aliphatic carbocycles. The molecule has 0 saturated carbocycles. The standard InChI is InChI=1S/C26H23NO3Se/c28-25(31-18-9-2-1-3-10-18)24-15-8-16-27(24)26(29)30-17-23-21-13-6-4-11-19(21)20-12-5-7-14-22(20)23/h1-7,9-14,23-24H,8,15-17H2/t24-/m0/s1. The third-order valence-corrected chi connectivity index (χ3v) is 8.12. The maximum absolute atomic E-state index is 13.0. The summed E-state index contributed by atoms with van der Waals surface area (Å²) in [4.78, 5) is 27.5. The topological polar surface area (TPSA) is 46.6 Å². The van der Waals surface area contributed by atoms with Crippen LogP contribution in [0.1, 0.15) is 29.9 Å². The number of nitrogens with zero attached hydrogens (tertiary/aromatic N) is 1. The average molecular weight is 476 g/mol. The summed E-state index contributed by atoms with van der Waals surface area (Å²) in [5.74, 6) is 0.0293. The van der Waals surface area contributed by atoms with Crippen LogP contribution in [0.5, 0.6) is 0 Å². The van der Waals surface area contributed by atoms with E-state index in [1.807, 2.05) is 54.6 Å². The van der Waals surface area contributed by atoms with Crippen LogP contribution in [0.15, 0.2) is 78.9 Å². The van der Waals surface area contributed by atoms with Crippen molar-refractivity contribution >= 4 is 30.2 Å². The van der Waals surface area contributed by atoms with Crippen LogP contribution >= 0.6 is 0 Å². The van der Waals surface area contributed by atoms with Crippen molar-refractivity contribution in [3.05, 3.63) is 90.0 Å². The minimum absolute atomic E-state index is 0.0293. The molecule has 1 fully saturated rings. The summed E-state index contributed by atoms with van der Waals surface area (Å²) in [5.41, 5.74) is 4.80. The van der Waals surface area contributed by atoms with Gasteiger partial charge in [-0.3, -0.25) is 0 Å². The maximum atomic E-state index is 13.0. The van der Waals surface area contributed by atoms with E-state index in [-0.39, 0.29) is 44.3 Å². The van der Waals surface area contributed by atoms with Crippen LogP contribution in [-0.2, 0) is 9.53 Å². The first kappa shape index (κ1) is 20.0. The third kappa shape index (κ3) is 3.91. The van der Waals surface area contributed by atoms with Gasteiger partial charge in [-0.1, -0.05) is 0 Å². The molecular formula is C26H23NO3Se. The molecule has 0 aromatic heterocycles. The molecular weight excluding hydrogens is 453 g/mol. The van der Waals surface area contributed by atoms with Gasteiger partial charge in [0.1, 0.15) is 0 Å². The van der Waals surface area contributed by atoms with Gasteiger partial charge in [0.2, 0.25) is 0 Å². The molecule has 3 aromatic rings. The first-order valence-electron chi connectivity index (χ1n) is 10.6. The molecule has 0 radical (unpaired) electrons. The van der Waals surface area contributed by atoms with E-state index >= 15 is 0 Å². The zero-order chi connectivity index (χ0) is 21.2. The second-order valence-corrected chi connectivity index (χ2v) is 10.2. The molecule has 4 nitrogen and oxygen atoms in total. The quantitative estimate of drug-likeness (QED) is 0.524. The number of rotatable bonds is 5. The number of fused-ring (bicyclic) bond motifs is 3. The SMILES string of the molecule is O=C([Se]c1ccccc1)[C@@H]1CCCN1C(=O)OCC1c2ccccc2-c2ccccc21. The fraction of sp³-hybridized carbons (Fsp3) is 0.231. The van der Waals surface area contributed by atoms with Crippen molar-refractivity contribution in [2.45, 2.75) is 24.8 Å². The van der Waals surface area contributed by atoms with E-state index in [0.29, 0.717) is 6.54 Å². The summed E-state index contributed by atoms with van der Waals surface area (Å²) in [6.45, 7) is 0.867. The molecule has 0 spiro atoms. The van der Waals surface area contributed by atoms with Gasteiger partial charge in [0.05, 0.1) is 0 Å². The van der Waals surface area contributed by atoms with Crippen molar-refractivity contribution in [1.29, 1.82) is 0 Å². The minimum atomic E-state index is -0.374. The summed E-state index contributed by atoms with van der Waals surface area (Å²) in [7, 11) is 0. The Morgan fingerprint density at radius 1 is 0.871 bits per heavy atom. The Kier molecular flexibility index (Phi) is 5.62. The number of hydrogen-bond acceptors (Lipinski definition) is 3. The Bertz CT molecular complexity index is 1070. The molecule has 1 aliphatic heterocycles. The van der Waals surface area contributed by atoms with E-state index in [0.717, 1.165) is 17.3 Å². The fourth-order valence-electron chi connectivity index (χ4n) is 4.58. The van der Waals surface area contributed by atoms with Crippen LogP contribution in [0.2, 0.25) is 0 Å². The van der Waals surface area contributed by atoms with E-state index in [4.69, 9.17) is 4.74 Å². The van der Waals surface area contributed by atoms with E-state index in [1.54, 1.807) is 4.90 Å². The number of carbonyl (C=O) groups is 2. The summed E-state index contributed by atoms with van der Waals surface area (Å²) in [5, 5.41) is 0. The van der Waals surface area contributed by atoms with Gasteiger partial charge in [0.25, 0.3) is 0 Å². The molecule has 1 atom stereocenters. The normalized spacial score (nSPS) is 17.3. The molecule has 5 rings (SSSR count). The van der Waals surface area contributed by atoms with Crippen LogP contribution in [0.4, 0.5) is 4.79 Å². The Hall–Kier alpha value is -2.88. The van der Waals surface area contributed by atoms with Gasteiger partial charge in [0, 0.05) is 0 Å². The van der Waals surface area contributed by atoms with Gasteiger partial charge in [-0.15, -0.1) is 0 Å². The van der Waals surface area contributed by atoms with Crippen molar-refractivity contribution in [2.24, 2.45) is 0 Å². The third-order valence-electron chi connectivity index (χ3n) is 6.06. The molecule has 0 bridgehead atoms. The van der Waals surface area contributed by atoms with Gasteiger partial charge in [0.15, 0.2) is 0 Å². The van der Waals surface area contributed by atoms with E-state index in [9.17, 15) is 9.59 Å². The molecule has 5 heteroatoms. The van der Waals surface area contributed by atoms with Crippen LogP contribution in [0, 0.1) is 0 Å². The van der Waals surface area contributed by atoms with Gasteiger partial charge in [-0.2, -0.15) is 0 Å². The average Bonchev–Trinajstić information content (AvgIpc) is 3.42.